The number of piperazine rings is 1. The first kappa shape index (κ1) is 15.4. The highest BCUT2D eigenvalue weighted by atomic mass is 16.2. The monoisotopic (exact) mass is 255 g/mol. The highest BCUT2D eigenvalue weighted by Gasteiger charge is 2.16. The lowest BCUT2D eigenvalue weighted by atomic mass is 10.2. The number of amides is 1. The van der Waals surface area contributed by atoms with Crippen LogP contribution in [-0.2, 0) is 4.79 Å². The van der Waals surface area contributed by atoms with Crippen molar-refractivity contribution in [1.29, 1.82) is 0 Å². The van der Waals surface area contributed by atoms with E-state index in [1.807, 2.05) is 11.9 Å². The molecular weight excluding hydrogens is 226 g/mol. The summed E-state index contributed by atoms with van der Waals surface area (Å²) in [4.78, 5) is 18.7. The number of nitrogens with zero attached hydrogens (tertiary/aromatic N) is 3. The first-order chi connectivity index (χ1) is 8.67. The van der Waals surface area contributed by atoms with Gasteiger partial charge in [0.25, 0.3) is 0 Å². The molecule has 1 saturated heterocycles. The molecule has 1 fully saturated rings. The first-order valence-electron chi connectivity index (χ1n) is 7.36. The molecule has 0 aromatic rings. The zero-order valence-electron chi connectivity index (χ0n) is 12.3. The molecule has 4 nitrogen and oxygen atoms in total. The Balaban J connectivity index is 2.15. The molecule has 0 aromatic heterocycles. The van der Waals surface area contributed by atoms with Gasteiger partial charge in [0.05, 0.1) is 0 Å². The van der Waals surface area contributed by atoms with Crippen LogP contribution >= 0.6 is 0 Å². The van der Waals surface area contributed by atoms with Gasteiger partial charge in [-0.3, -0.25) is 4.79 Å². The van der Waals surface area contributed by atoms with Crippen LogP contribution in [0.5, 0.6) is 0 Å². The second-order valence-corrected chi connectivity index (χ2v) is 5.19. The van der Waals surface area contributed by atoms with E-state index < -0.39 is 0 Å². The van der Waals surface area contributed by atoms with Crippen LogP contribution in [0.1, 0.15) is 33.1 Å². The van der Waals surface area contributed by atoms with Crippen molar-refractivity contribution in [2.75, 3.05) is 52.9 Å². The van der Waals surface area contributed by atoms with E-state index in [-0.39, 0.29) is 0 Å². The molecule has 106 valence electrons. The average Bonchev–Trinajstić information content (AvgIpc) is 2.42. The number of rotatable bonds is 7. The standard InChI is InChI=1S/C14H29N3O/c1-4-6-8-15(3)14(18)7-9-17-12-10-16(5-2)11-13-17/h4-13H2,1-3H3. The van der Waals surface area contributed by atoms with E-state index in [9.17, 15) is 4.79 Å². The second-order valence-electron chi connectivity index (χ2n) is 5.19. The van der Waals surface area contributed by atoms with Gasteiger partial charge < -0.3 is 14.7 Å². The summed E-state index contributed by atoms with van der Waals surface area (Å²) in [6.45, 7) is 11.9. The Kier molecular flexibility index (Phi) is 7.28. The molecule has 4 heteroatoms. The van der Waals surface area contributed by atoms with E-state index in [0.717, 1.165) is 58.7 Å². The van der Waals surface area contributed by atoms with Crippen molar-refractivity contribution in [2.24, 2.45) is 0 Å². The van der Waals surface area contributed by atoms with Gasteiger partial charge in [-0.1, -0.05) is 20.3 Å². The average molecular weight is 255 g/mol. The van der Waals surface area contributed by atoms with Crippen LogP contribution in [0.25, 0.3) is 0 Å². The van der Waals surface area contributed by atoms with Gasteiger partial charge in [0, 0.05) is 52.7 Å². The zero-order chi connectivity index (χ0) is 13.4. The molecular formula is C14H29N3O. The fourth-order valence-corrected chi connectivity index (χ4v) is 2.29. The van der Waals surface area contributed by atoms with Crippen molar-refractivity contribution in [1.82, 2.24) is 14.7 Å². The van der Waals surface area contributed by atoms with Gasteiger partial charge in [0.1, 0.15) is 0 Å². The number of carbonyl (C=O) groups is 1. The summed E-state index contributed by atoms with van der Waals surface area (Å²) in [5.41, 5.74) is 0. The normalized spacial score (nSPS) is 17.9. The molecule has 0 atom stereocenters. The summed E-state index contributed by atoms with van der Waals surface area (Å²) in [5, 5.41) is 0. The third-order valence-electron chi connectivity index (χ3n) is 3.83. The number of likely N-dealkylation sites (N-methyl/N-ethyl adjacent to an activating group) is 1. The summed E-state index contributed by atoms with van der Waals surface area (Å²) >= 11 is 0. The molecule has 0 unspecified atom stereocenters. The maximum atomic E-state index is 11.9. The van der Waals surface area contributed by atoms with Crippen LogP contribution in [0.4, 0.5) is 0 Å². The molecule has 0 bridgehead atoms. The molecule has 1 heterocycles. The van der Waals surface area contributed by atoms with E-state index >= 15 is 0 Å². The van der Waals surface area contributed by atoms with Gasteiger partial charge in [0.2, 0.25) is 5.91 Å². The van der Waals surface area contributed by atoms with Crippen LogP contribution in [0.15, 0.2) is 0 Å². The summed E-state index contributed by atoms with van der Waals surface area (Å²) in [6, 6.07) is 0. The van der Waals surface area contributed by atoms with E-state index in [4.69, 9.17) is 0 Å². The number of unbranched alkanes of at least 4 members (excludes halogenated alkanes) is 1. The van der Waals surface area contributed by atoms with Crippen molar-refractivity contribution in [3.05, 3.63) is 0 Å². The van der Waals surface area contributed by atoms with Gasteiger partial charge in [-0.25, -0.2) is 0 Å². The fraction of sp³-hybridized carbons (Fsp3) is 0.929. The molecule has 1 amide bonds. The Morgan fingerprint density at radius 2 is 1.72 bits per heavy atom. The van der Waals surface area contributed by atoms with E-state index in [1.54, 1.807) is 0 Å². The highest BCUT2D eigenvalue weighted by Crippen LogP contribution is 2.03. The summed E-state index contributed by atoms with van der Waals surface area (Å²) in [7, 11) is 1.92. The molecule has 0 N–H and O–H groups in total. The van der Waals surface area contributed by atoms with Crippen LogP contribution in [-0.4, -0.2) is 73.5 Å². The molecule has 1 aliphatic rings. The summed E-state index contributed by atoms with van der Waals surface area (Å²) in [5.74, 6) is 0.293. The fourth-order valence-electron chi connectivity index (χ4n) is 2.29. The molecule has 18 heavy (non-hydrogen) atoms. The Labute approximate surface area is 112 Å². The zero-order valence-corrected chi connectivity index (χ0v) is 12.3. The van der Waals surface area contributed by atoms with Crippen molar-refractivity contribution >= 4 is 5.91 Å². The number of hydrogen-bond acceptors (Lipinski definition) is 3. The van der Waals surface area contributed by atoms with Crippen molar-refractivity contribution in [2.45, 2.75) is 33.1 Å². The van der Waals surface area contributed by atoms with Crippen LogP contribution in [0.2, 0.25) is 0 Å². The lowest BCUT2D eigenvalue weighted by Crippen LogP contribution is -2.47. The third-order valence-corrected chi connectivity index (χ3v) is 3.83. The van der Waals surface area contributed by atoms with Gasteiger partial charge >= 0.3 is 0 Å². The molecule has 0 radical (unpaired) electrons. The van der Waals surface area contributed by atoms with Crippen molar-refractivity contribution in [3.63, 3.8) is 0 Å². The van der Waals surface area contributed by atoms with Gasteiger partial charge in [0.15, 0.2) is 0 Å². The van der Waals surface area contributed by atoms with Gasteiger partial charge in [-0.2, -0.15) is 0 Å². The van der Waals surface area contributed by atoms with Crippen LogP contribution < -0.4 is 0 Å². The quantitative estimate of drug-likeness (QED) is 0.685. The third kappa shape index (κ3) is 5.36. The Hall–Kier alpha value is -0.610. The van der Waals surface area contributed by atoms with E-state index in [0.29, 0.717) is 12.3 Å². The molecule has 1 rings (SSSR count). The van der Waals surface area contributed by atoms with E-state index in [1.165, 1.54) is 0 Å². The minimum Gasteiger partial charge on any atom is -0.346 e. The molecule has 0 aromatic carbocycles. The topological polar surface area (TPSA) is 26.8 Å². The molecule has 1 aliphatic heterocycles. The van der Waals surface area contributed by atoms with Crippen molar-refractivity contribution < 1.29 is 4.79 Å². The van der Waals surface area contributed by atoms with E-state index in [2.05, 4.69) is 23.6 Å². The second kappa shape index (κ2) is 8.48. The Morgan fingerprint density at radius 3 is 2.28 bits per heavy atom. The molecule has 0 spiro atoms. The maximum absolute atomic E-state index is 11.9. The molecule has 0 saturated carbocycles. The molecule has 0 aliphatic carbocycles. The maximum Gasteiger partial charge on any atom is 0.223 e. The van der Waals surface area contributed by atoms with Crippen LogP contribution in [0, 0.1) is 0 Å². The minimum atomic E-state index is 0.293. The van der Waals surface area contributed by atoms with Crippen LogP contribution in [0.3, 0.4) is 0 Å². The smallest absolute Gasteiger partial charge is 0.223 e. The van der Waals surface area contributed by atoms with Gasteiger partial charge in [-0.05, 0) is 13.0 Å². The van der Waals surface area contributed by atoms with Crippen molar-refractivity contribution in [3.8, 4) is 0 Å². The first-order valence-corrected chi connectivity index (χ1v) is 7.36. The predicted molar refractivity (Wildman–Crippen MR) is 75.7 cm³/mol. The lowest BCUT2D eigenvalue weighted by Gasteiger charge is -2.34. The Bertz CT molecular complexity index is 237. The number of carbonyl (C=O) groups excluding carboxylic acids is 1. The number of hydrogen-bond donors (Lipinski definition) is 0. The highest BCUT2D eigenvalue weighted by molar-refractivity contribution is 5.76. The largest absolute Gasteiger partial charge is 0.346 e. The Morgan fingerprint density at radius 1 is 1.11 bits per heavy atom. The lowest BCUT2D eigenvalue weighted by molar-refractivity contribution is -0.130. The predicted octanol–water partition coefficient (Wildman–Crippen LogP) is 1.27. The SMILES string of the molecule is CCCCN(C)C(=O)CCN1CCN(CC)CC1. The minimum absolute atomic E-state index is 0.293. The van der Waals surface area contributed by atoms with Gasteiger partial charge in [-0.15, -0.1) is 0 Å². The summed E-state index contributed by atoms with van der Waals surface area (Å²) < 4.78 is 0. The summed E-state index contributed by atoms with van der Waals surface area (Å²) in [6.07, 6.45) is 2.93.